The zero-order valence-electron chi connectivity index (χ0n) is 19.4. The topological polar surface area (TPSA) is 90.6 Å². The fraction of sp³-hybridized carbons (Fsp3) is 0.857. The number of likely N-dealkylation sites (tertiary alicyclic amines) is 1. The van der Waals surface area contributed by atoms with E-state index >= 15 is 0 Å². The molecule has 8 nitrogen and oxygen atoms in total. The van der Waals surface area contributed by atoms with Crippen LogP contribution in [0.2, 0.25) is 0 Å². The van der Waals surface area contributed by atoms with E-state index in [1.807, 2.05) is 18.5 Å². The summed E-state index contributed by atoms with van der Waals surface area (Å²) in [5, 5.41) is 26.2. The molecule has 9 heteroatoms. The molecule has 30 heavy (non-hydrogen) atoms. The van der Waals surface area contributed by atoms with Gasteiger partial charge in [0.05, 0.1) is 5.60 Å². The molecular weight excluding hydrogens is 493 g/mol. The van der Waals surface area contributed by atoms with Crippen molar-refractivity contribution in [1.82, 2.24) is 30.3 Å². The second-order valence-electron chi connectivity index (χ2n) is 8.27. The number of halogens is 1. The predicted molar refractivity (Wildman–Crippen MR) is 133 cm³/mol. The maximum Gasteiger partial charge on any atom is 0.191 e. The summed E-state index contributed by atoms with van der Waals surface area (Å²) >= 11 is 0. The lowest BCUT2D eigenvalue weighted by Crippen LogP contribution is -2.49. The minimum atomic E-state index is -0.698. The second kappa shape index (κ2) is 13.5. The molecule has 2 rings (SSSR count). The molecule has 0 aliphatic carbocycles. The van der Waals surface area contributed by atoms with E-state index in [-0.39, 0.29) is 24.0 Å². The van der Waals surface area contributed by atoms with Gasteiger partial charge in [0.2, 0.25) is 0 Å². The van der Waals surface area contributed by atoms with Crippen LogP contribution in [0.3, 0.4) is 0 Å². The van der Waals surface area contributed by atoms with Gasteiger partial charge in [-0.25, -0.2) is 4.99 Å². The Labute approximate surface area is 199 Å². The number of rotatable bonds is 11. The summed E-state index contributed by atoms with van der Waals surface area (Å²) in [4.78, 5) is 7.26. The van der Waals surface area contributed by atoms with Crippen molar-refractivity contribution in [3.05, 3.63) is 11.6 Å². The number of aliphatic hydroxyl groups is 1. The third-order valence-corrected chi connectivity index (χ3v) is 5.99. The van der Waals surface area contributed by atoms with Crippen LogP contribution in [-0.4, -0.2) is 68.6 Å². The first kappa shape index (κ1) is 27.1. The van der Waals surface area contributed by atoms with Crippen LogP contribution in [0.25, 0.3) is 0 Å². The van der Waals surface area contributed by atoms with E-state index in [4.69, 9.17) is 4.99 Å². The number of aromatic nitrogens is 3. The van der Waals surface area contributed by atoms with Crippen LogP contribution in [0, 0.1) is 6.92 Å². The normalized spacial score (nSPS) is 17.8. The van der Waals surface area contributed by atoms with Crippen molar-refractivity contribution in [2.45, 2.75) is 84.4 Å². The molecule has 3 N–H and O–H groups in total. The number of nitrogens with one attached hydrogen (secondary N) is 2. The molecule has 0 bridgehead atoms. The van der Waals surface area contributed by atoms with Gasteiger partial charge in [0.25, 0.3) is 0 Å². The average Bonchev–Trinajstić information content (AvgIpc) is 3.28. The van der Waals surface area contributed by atoms with E-state index in [0.717, 1.165) is 56.4 Å². The zero-order valence-corrected chi connectivity index (χ0v) is 21.8. The number of hydrogen-bond donors (Lipinski definition) is 3. The molecule has 0 amide bonds. The van der Waals surface area contributed by atoms with E-state index < -0.39 is 5.60 Å². The predicted octanol–water partition coefficient (Wildman–Crippen LogP) is 2.59. The Kier molecular flexibility index (Phi) is 12.2. The standard InChI is InChI=1S/C21H41N7O.HI/c1-6-11-21(29,12-7-2)16-24-20(22-14-18-10-9-13-28(18)8-3)23-15-19-26-25-17(4)27(19)5;/h18,29H,6-16H2,1-5H3,(H2,22,23,24);1H. The van der Waals surface area contributed by atoms with Gasteiger partial charge in [0, 0.05) is 26.2 Å². The summed E-state index contributed by atoms with van der Waals surface area (Å²) in [7, 11) is 1.96. The SMILES string of the molecule is CCCC(O)(CCC)CNC(=NCc1nnc(C)n1C)NCC1CCCN1CC.I. The van der Waals surface area contributed by atoms with E-state index in [0.29, 0.717) is 19.1 Å². The largest absolute Gasteiger partial charge is 0.388 e. The van der Waals surface area contributed by atoms with E-state index in [1.165, 1.54) is 19.4 Å². The van der Waals surface area contributed by atoms with Crippen molar-refractivity contribution in [2.24, 2.45) is 12.0 Å². The first-order chi connectivity index (χ1) is 13.9. The molecular formula is C21H42IN7O. The Morgan fingerprint density at radius 3 is 2.47 bits per heavy atom. The molecule has 1 aromatic heterocycles. The Morgan fingerprint density at radius 2 is 1.90 bits per heavy atom. The fourth-order valence-corrected chi connectivity index (χ4v) is 4.15. The minimum Gasteiger partial charge on any atom is -0.388 e. The van der Waals surface area contributed by atoms with Crippen LogP contribution in [0.5, 0.6) is 0 Å². The molecule has 2 heterocycles. The van der Waals surface area contributed by atoms with Gasteiger partial charge >= 0.3 is 0 Å². The summed E-state index contributed by atoms with van der Waals surface area (Å²) in [6.07, 6.45) is 5.97. The third kappa shape index (κ3) is 7.96. The van der Waals surface area contributed by atoms with Crippen LogP contribution in [-0.2, 0) is 13.6 Å². The number of aliphatic imine (C=N–C) groups is 1. The molecule has 1 unspecified atom stereocenters. The summed E-state index contributed by atoms with van der Waals surface area (Å²) in [6.45, 7) is 12.5. The fourth-order valence-electron chi connectivity index (χ4n) is 4.15. The van der Waals surface area contributed by atoms with Gasteiger partial charge in [-0.2, -0.15) is 0 Å². The maximum atomic E-state index is 11.0. The summed E-state index contributed by atoms with van der Waals surface area (Å²) in [5.74, 6) is 2.44. The monoisotopic (exact) mass is 535 g/mol. The molecule has 0 radical (unpaired) electrons. The summed E-state index contributed by atoms with van der Waals surface area (Å²) < 4.78 is 1.96. The lowest BCUT2D eigenvalue weighted by atomic mass is 9.93. The molecule has 1 aliphatic rings. The van der Waals surface area contributed by atoms with Crippen molar-refractivity contribution in [3.8, 4) is 0 Å². The van der Waals surface area contributed by atoms with E-state index in [2.05, 4.69) is 46.5 Å². The molecule has 0 aromatic carbocycles. The third-order valence-electron chi connectivity index (χ3n) is 5.99. The highest BCUT2D eigenvalue weighted by Crippen LogP contribution is 2.19. The lowest BCUT2D eigenvalue weighted by molar-refractivity contribution is 0.0257. The van der Waals surface area contributed by atoms with E-state index in [1.54, 1.807) is 0 Å². The van der Waals surface area contributed by atoms with Crippen molar-refractivity contribution in [1.29, 1.82) is 0 Å². The molecule has 0 saturated carbocycles. The Bertz CT molecular complexity index is 643. The molecule has 1 aromatic rings. The van der Waals surface area contributed by atoms with Crippen LogP contribution in [0.15, 0.2) is 4.99 Å². The van der Waals surface area contributed by atoms with Crippen molar-refractivity contribution in [3.63, 3.8) is 0 Å². The smallest absolute Gasteiger partial charge is 0.191 e. The number of aryl methyl sites for hydroxylation is 1. The Hall–Kier alpha value is -0.940. The molecule has 1 saturated heterocycles. The number of hydrogen-bond acceptors (Lipinski definition) is 5. The van der Waals surface area contributed by atoms with Crippen LogP contribution >= 0.6 is 24.0 Å². The average molecular weight is 536 g/mol. The van der Waals surface area contributed by atoms with E-state index in [9.17, 15) is 5.11 Å². The maximum absolute atomic E-state index is 11.0. The zero-order chi connectivity index (χ0) is 21.3. The van der Waals surface area contributed by atoms with Gasteiger partial charge in [-0.05, 0) is 45.7 Å². The number of guanidine groups is 1. The molecule has 1 aliphatic heterocycles. The summed E-state index contributed by atoms with van der Waals surface area (Å²) in [6, 6.07) is 0.536. The quantitative estimate of drug-likeness (QED) is 0.229. The van der Waals surface area contributed by atoms with Crippen molar-refractivity contribution < 1.29 is 5.11 Å². The van der Waals surface area contributed by atoms with Crippen LogP contribution < -0.4 is 10.6 Å². The second-order valence-corrected chi connectivity index (χ2v) is 8.27. The van der Waals surface area contributed by atoms with Gasteiger partial charge in [-0.3, -0.25) is 4.90 Å². The first-order valence-electron chi connectivity index (χ1n) is 11.3. The van der Waals surface area contributed by atoms with Gasteiger partial charge in [0.1, 0.15) is 12.4 Å². The van der Waals surface area contributed by atoms with Crippen molar-refractivity contribution in [2.75, 3.05) is 26.2 Å². The van der Waals surface area contributed by atoms with Crippen LogP contribution in [0.4, 0.5) is 0 Å². The highest BCUT2D eigenvalue weighted by molar-refractivity contribution is 14.0. The molecule has 0 spiro atoms. The first-order valence-corrected chi connectivity index (χ1v) is 11.3. The van der Waals surface area contributed by atoms with Gasteiger partial charge in [0.15, 0.2) is 11.8 Å². The summed E-state index contributed by atoms with van der Waals surface area (Å²) in [5.41, 5.74) is -0.698. The van der Waals surface area contributed by atoms with Gasteiger partial charge in [-0.1, -0.05) is 33.6 Å². The van der Waals surface area contributed by atoms with Crippen molar-refractivity contribution >= 4 is 29.9 Å². The Morgan fingerprint density at radius 1 is 1.20 bits per heavy atom. The molecule has 174 valence electrons. The van der Waals surface area contributed by atoms with Gasteiger partial charge < -0.3 is 20.3 Å². The van der Waals surface area contributed by atoms with Gasteiger partial charge in [-0.15, -0.1) is 34.2 Å². The van der Waals surface area contributed by atoms with Crippen LogP contribution in [0.1, 0.15) is 70.9 Å². The minimum absolute atomic E-state index is 0. The molecule has 1 atom stereocenters. The number of likely N-dealkylation sites (N-methyl/N-ethyl adjacent to an activating group) is 1. The highest BCUT2D eigenvalue weighted by Gasteiger charge is 2.26. The number of nitrogens with zero attached hydrogens (tertiary/aromatic N) is 5. The Balaban J connectivity index is 0.00000450. The lowest BCUT2D eigenvalue weighted by Gasteiger charge is -2.29. The molecule has 1 fully saturated rings. The highest BCUT2D eigenvalue weighted by atomic mass is 127.